The van der Waals surface area contributed by atoms with Gasteiger partial charge in [0.25, 0.3) is 0 Å². The molecule has 1 heterocycles. The molecule has 164 valence electrons. The lowest BCUT2D eigenvalue weighted by Crippen LogP contribution is -2.45. The highest BCUT2D eigenvalue weighted by Gasteiger charge is 2.33. The van der Waals surface area contributed by atoms with Crippen molar-refractivity contribution in [3.63, 3.8) is 0 Å². The van der Waals surface area contributed by atoms with E-state index in [1.54, 1.807) is 48.5 Å². The molecule has 1 saturated heterocycles. The number of hydrogen-bond acceptors (Lipinski definition) is 4. The molecule has 1 fully saturated rings. The van der Waals surface area contributed by atoms with Gasteiger partial charge < -0.3 is 0 Å². The maximum atomic E-state index is 13.1. The molecule has 0 amide bonds. The van der Waals surface area contributed by atoms with Crippen LogP contribution in [0.5, 0.6) is 0 Å². The van der Waals surface area contributed by atoms with E-state index < -0.39 is 20.0 Å². The van der Waals surface area contributed by atoms with E-state index in [1.807, 2.05) is 6.92 Å². The second kappa shape index (κ2) is 9.78. The second-order valence-electron chi connectivity index (χ2n) is 7.65. The molecule has 6 nitrogen and oxygen atoms in total. The van der Waals surface area contributed by atoms with Crippen LogP contribution in [0.25, 0.3) is 0 Å². The lowest BCUT2D eigenvalue weighted by Gasteiger charge is -2.34. The predicted octanol–water partition coefficient (Wildman–Crippen LogP) is 3.70. The Balaban J connectivity index is 1.63. The fourth-order valence-electron chi connectivity index (χ4n) is 3.70. The number of nitrogens with zero attached hydrogens (tertiary/aromatic N) is 1. The van der Waals surface area contributed by atoms with Crippen LogP contribution in [0.2, 0.25) is 5.02 Å². The van der Waals surface area contributed by atoms with Crippen LogP contribution in [-0.2, 0) is 25.8 Å². The molecule has 0 aliphatic carbocycles. The monoisotopic (exact) mass is 470 g/mol. The summed E-state index contributed by atoms with van der Waals surface area (Å²) in [5.41, 5.74) is 1.61. The van der Waals surface area contributed by atoms with Gasteiger partial charge >= 0.3 is 0 Å². The Hall–Kier alpha value is -1.45. The molecule has 9 heteroatoms. The number of hydrogen-bond donors (Lipinski definition) is 1. The third-order valence-corrected chi connectivity index (χ3v) is 8.80. The van der Waals surface area contributed by atoms with Crippen LogP contribution >= 0.6 is 11.6 Å². The molecule has 2 aromatic rings. The lowest BCUT2D eigenvalue weighted by atomic mass is 10.0. The van der Waals surface area contributed by atoms with E-state index in [0.717, 1.165) is 24.8 Å². The molecule has 0 spiro atoms. The minimum absolute atomic E-state index is 0.163. The van der Waals surface area contributed by atoms with Gasteiger partial charge in [-0.25, -0.2) is 21.6 Å². The molecule has 0 bridgehead atoms. The van der Waals surface area contributed by atoms with Crippen LogP contribution in [0.3, 0.4) is 0 Å². The summed E-state index contributed by atoms with van der Waals surface area (Å²) in [6, 6.07) is 13.3. The van der Waals surface area contributed by atoms with E-state index >= 15 is 0 Å². The number of rotatable bonds is 8. The summed E-state index contributed by atoms with van der Waals surface area (Å²) in [4.78, 5) is 0.279. The van der Waals surface area contributed by atoms with Gasteiger partial charge in [-0.2, -0.15) is 4.31 Å². The molecule has 1 aliphatic rings. The Morgan fingerprint density at radius 2 is 1.80 bits per heavy atom. The summed E-state index contributed by atoms with van der Waals surface area (Å²) in [7, 11) is -7.14. The molecular weight excluding hydrogens is 444 g/mol. The van der Waals surface area contributed by atoms with Gasteiger partial charge in [-0.15, -0.1) is 0 Å². The van der Waals surface area contributed by atoms with Gasteiger partial charge in [0.2, 0.25) is 20.0 Å². The standard InChI is InChI=1S/C21H27ClN2O4S2/c1-17-8-10-21(11-9-17)30(27,28)24-14-3-2-7-20(24)12-13-23-29(25,26)16-18-5-4-6-19(22)15-18/h4-6,8-11,15,20,23H,2-3,7,12-14,16H2,1H3. The molecule has 1 unspecified atom stereocenters. The highest BCUT2D eigenvalue weighted by molar-refractivity contribution is 7.89. The lowest BCUT2D eigenvalue weighted by molar-refractivity contribution is 0.242. The van der Waals surface area contributed by atoms with Crippen molar-refractivity contribution in [3.05, 3.63) is 64.7 Å². The van der Waals surface area contributed by atoms with Crippen molar-refractivity contribution in [3.8, 4) is 0 Å². The Bertz CT molecular complexity index is 1070. The molecule has 0 radical (unpaired) electrons. The number of piperidine rings is 1. The van der Waals surface area contributed by atoms with Crippen molar-refractivity contribution < 1.29 is 16.8 Å². The highest BCUT2D eigenvalue weighted by atomic mass is 35.5. The van der Waals surface area contributed by atoms with Crippen molar-refractivity contribution in [2.24, 2.45) is 0 Å². The maximum Gasteiger partial charge on any atom is 0.243 e. The normalized spacial score (nSPS) is 18.4. The average Bonchev–Trinajstić information content (AvgIpc) is 2.68. The van der Waals surface area contributed by atoms with E-state index in [2.05, 4.69) is 4.72 Å². The first kappa shape index (κ1) is 23.2. The first-order chi connectivity index (χ1) is 14.2. The molecule has 0 aromatic heterocycles. The Labute approximate surface area is 184 Å². The Morgan fingerprint density at radius 1 is 1.07 bits per heavy atom. The van der Waals surface area contributed by atoms with Crippen LogP contribution < -0.4 is 4.72 Å². The van der Waals surface area contributed by atoms with Gasteiger partial charge in [-0.1, -0.05) is 47.9 Å². The second-order valence-corrected chi connectivity index (χ2v) is 11.8. The first-order valence-electron chi connectivity index (χ1n) is 9.98. The van der Waals surface area contributed by atoms with Crippen LogP contribution in [0.15, 0.2) is 53.4 Å². The van der Waals surface area contributed by atoms with Gasteiger partial charge in [-0.05, 0) is 56.0 Å². The first-order valence-corrected chi connectivity index (χ1v) is 13.4. The molecular formula is C21H27ClN2O4S2. The zero-order chi connectivity index (χ0) is 21.8. The summed E-state index contributed by atoms with van der Waals surface area (Å²) in [6.45, 7) is 2.55. The topological polar surface area (TPSA) is 83.6 Å². The predicted molar refractivity (Wildman–Crippen MR) is 119 cm³/mol. The Morgan fingerprint density at radius 3 is 2.50 bits per heavy atom. The number of sulfonamides is 2. The minimum atomic E-state index is -3.61. The van der Waals surface area contributed by atoms with Gasteiger partial charge in [-0.3, -0.25) is 0 Å². The van der Waals surface area contributed by atoms with E-state index in [-0.39, 0.29) is 23.2 Å². The van der Waals surface area contributed by atoms with Gasteiger partial charge in [0, 0.05) is 24.2 Å². The van der Waals surface area contributed by atoms with Crippen LogP contribution in [0.1, 0.15) is 36.8 Å². The summed E-state index contributed by atoms with van der Waals surface area (Å²) in [5.74, 6) is -0.163. The zero-order valence-corrected chi connectivity index (χ0v) is 19.3. The van der Waals surface area contributed by atoms with E-state index in [1.165, 1.54) is 4.31 Å². The summed E-state index contributed by atoms with van der Waals surface area (Å²) < 4.78 is 55.2. The molecule has 1 atom stereocenters. The van der Waals surface area contributed by atoms with E-state index in [9.17, 15) is 16.8 Å². The minimum Gasteiger partial charge on any atom is -0.215 e. The van der Waals surface area contributed by atoms with Crippen molar-refractivity contribution >= 4 is 31.6 Å². The molecule has 30 heavy (non-hydrogen) atoms. The van der Waals surface area contributed by atoms with Crippen molar-refractivity contribution in [1.82, 2.24) is 9.03 Å². The summed E-state index contributed by atoms with van der Waals surface area (Å²) in [6.07, 6.45) is 2.89. The van der Waals surface area contributed by atoms with Crippen molar-refractivity contribution in [2.75, 3.05) is 13.1 Å². The van der Waals surface area contributed by atoms with Crippen LogP contribution in [0, 0.1) is 6.92 Å². The van der Waals surface area contributed by atoms with E-state index in [0.29, 0.717) is 23.6 Å². The highest BCUT2D eigenvalue weighted by Crippen LogP contribution is 2.27. The largest absolute Gasteiger partial charge is 0.243 e. The fourth-order valence-corrected chi connectivity index (χ4v) is 6.79. The van der Waals surface area contributed by atoms with Crippen LogP contribution in [0.4, 0.5) is 0 Å². The molecule has 3 rings (SSSR count). The van der Waals surface area contributed by atoms with Gasteiger partial charge in [0.1, 0.15) is 0 Å². The molecule has 1 N–H and O–H groups in total. The number of aryl methyl sites for hydroxylation is 1. The van der Waals surface area contributed by atoms with E-state index in [4.69, 9.17) is 11.6 Å². The van der Waals surface area contributed by atoms with Crippen molar-refractivity contribution in [1.29, 1.82) is 0 Å². The summed E-state index contributed by atoms with van der Waals surface area (Å²) in [5, 5.41) is 0.488. The summed E-state index contributed by atoms with van der Waals surface area (Å²) >= 11 is 5.92. The zero-order valence-electron chi connectivity index (χ0n) is 16.9. The van der Waals surface area contributed by atoms with Crippen LogP contribution in [-0.4, -0.2) is 40.3 Å². The fraction of sp³-hybridized carbons (Fsp3) is 0.429. The Kier molecular flexibility index (Phi) is 7.57. The van der Waals surface area contributed by atoms with Gasteiger partial charge in [0.15, 0.2) is 0 Å². The quantitative estimate of drug-likeness (QED) is 0.637. The smallest absolute Gasteiger partial charge is 0.215 e. The number of nitrogens with one attached hydrogen (secondary N) is 1. The van der Waals surface area contributed by atoms with Crippen molar-refractivity contribution in [2.45, 2.75) is 49.3 Å². The third kappa shape index (κ3) is 6.04. The molecule has 2 aromatic carbocycles. The SMILES string of the molecule is Cc1ccc(S(=O)(=O)N2CCCCC2CCNS(=O)(=O)Cc2cccc(Cl)c2)cc1. The molecule has 1 aliphatic heterocycles. The van der Waals surface area contributed by atoms with Gasteiger partial charge in [0.05, 0.1) is 10.6 Å². The number of halogens is 1. The average molecular weight is 471 g/mol. The maximum absolute atomic E-state index is 13.1. The molecule has 0 saturated carbocycles. The number of benzene rings is 2. The third-order valence-electron chi connectivity index (χ3n) is 5.25.